The largest absolute Gasteiger partial charge is 0.492 e. The van der Waals surface area contributed by atoms with E-state index in [1.165, 1.54) is 13.0 Å². The minimum atomic E-state index is -0.913. The Labute approximate surface area is 232 Å². The van der Waals surface area contributed by atoms with Crippen molar-refractivity contribution in [3.63, 3.8) is 0 Å². The lowest BCUT2D eigenvalue weighted by atomic mass is 10.1. The fourth-order valence-electron chi connectivity index (χ4n) is 2.97. The van der Waals surface area contributed by atoms with Crippen LogP contribution in [0.1, 0.15) is 22.8 Å². The number of hydrogen-bond acceptors (Lipinski definition) is 5. The predicted octanol–water partition coefficient (Wildman–Crippen LogP) is 5.48. The maximum absolute atomic E-state index is 12.8. The van der Waals surface area contributed by atoms with Crippen molar-refractivity contribution in [2.45, 2.75) is 19.4 Å². The van der Waals surface area contributed by atoms with E-state index in [0.717, 1.165) is 5.56 Å². The van der Waals surface area contributed by atoms with Crippen LogP contribution in [0.2, 0.25) is 10.0 Å². The number of benzene rings is 3. The Bertz CT molecular complexity index is 1250. The van der Waals surface area contributed by atoms with Crippen molar-refractivity contribution in [1.29, 1.82) is 0 Å². The summed E-state index contributed by atoms with van der Waals surface area (Å²) < 4.78 is 12.1. The van der Waals surface area contributed by atoms with Gasteiger partial charge in [-0.25, -0.2) is 0 Å². The average Bonchev–Trinajstić information content (AvgIpc) is 2.85. The minimum absolute atomic E-state index is 0.111. The number of amides is 2. The molecule has 1 unspecified atom stereocenters. The molecule has 0 aliphatic rings. The molecule has 7 nitrogen and oxygen atoms in total. The third-order valence-electron chi connectivity index (χ3n) is 4.77. The van der Waals surface area contributed by atoms with E-state index in [1.807, 2.05) is 30.3 Å². The molecule has 0 saturated carbocycles. The normalized spacial score (nSPS) is 11.2. The number of nitrogens with one attached hydrogen (secondary N) is 3. The molecule has 11 heteroatoms. The van der Waals surface area contributed by atoms with Crippen molar-refractivity contribution < 1.29 is 19.1 Å². The smallest absolute Gasteiger partial charge is 0.279 e. The Morgan fingerprint density at radius 1 is 1.00 bits per heavy atom. The SMILES string of the molecule is CC(Oc1ccc(Cl)cc1Cl)C(=O)NNC(=S)NC(=O)c1cc(Br)ccc1OCCc1ccccc1. The number of ether oxygens (including phenoxy) is 2. The molecule has 0 fully saturated rings. The van der Waals surface area contributed by atoms with Gasteiger partial charge in [-0.3, -0.25) is 25.8 Å². The number of carbonyl (C=O) groups excluding carboxylic acids is 2. The van der Waals surface area contributed by atoms with E-state index < -0.39 is 17.9 Å². The Balaban J connectivity index is 1.52. The molecule has 3 rings (SSSR count). The average molecular weight is 611 g/mol. The quantitative estimate of drug-likeness (QED) is 0.231. The summed E-state index contributed by atoms with van der Waals surface area (Å²) in [5.41, 5.74) is 6.28. The molecule has 1 atom stereocenters. The van der Waals surface area contributed by atoms with Gasteiger partial charge in [0, 0.05) is 15.9 Å². The first kappa shape index (κ1) is 27.7. The van der Waals surface area contributed by atoms with Crippen molar-refractivity contribution in [2.75, 3.05) is 6.61 Å². The van der Waals surface area contributed by atoms with Gasteiger partial charge >= 0.3 is 0 Å². The van der Waals surface area contributed by atoms with E-state index in [4.69, 9.17) is 44.9 Å². The Kier molecular flexibility index (Phi) is 10.4. The van der Waals surface area contributed by atoms with E-state index in [0.29, 0.717) is 34.0 Å². The minimum Gasteiger partial charge on any atom is -0.492 e. The second-order valence-corrected chi connectivity index (χ2v) is 9.62. The standard InChI is InChI=1S/C25H22BrCl2N3O4S/c1-15(35-22-10-8-18(27)14-20(22)28)23(32)30-31-25(36)29-24(33)19-13-17(26)7-9-21(19)34-12-11-16-5-3-2-4-6-16/h2-10,13-15H,11-12H2,1H3,(H,30,32)(H2,29,31,33,36). The number of carbonyl (C=O) groups is 2. The van der Waals surface area contributed by atoms with Gasteiger partial charge in [-0.1, -0.05) is 69.5 Å². The van der Waals surface area contributed by atoms with Gasteiger partial charge in [-0.2, -0.15) is 0 Å². The second kappa shape index (κ2) is 13.5. The number of rotatable bonds is 8. The van der Waals surface area contributed by atoms with Crippen LogP contribution in [0.4, 0.5) is 0 Å². The predicted molar refractivity (Wildman–Crippen MR) is 148 cm³/mol. The van der Waals surface area contributed by atoms with Gasteiger partial charge in [0.1, 0.15) is 11.5 Å². The summed E-state index contributed by atoms with van der Waals surface area (Å²) in [7, 11) is 0. The first-order chi connectivity index (χ1) is 17.2. The zero-order chi connectivity index (χ0) is 26.1. The van der Waals surface area contributed by atoms with Crippen LogP contribution in [0.5, 0.6) is 11.5 Å². The molecule has 188 valence electrons. The molecule has 3 N–H and O–H groups in total. The third-order valence-corrected chi connectivity index (χ3v) is 6.00. The van der Waals surface area contributed by atoms with Crippen LogP contribution in [0.25, 0.3) is 0 Å². The van der Waals surface area contributed by atoms with E-state index >= 15 is 0 Å². The Morgan fingerprint density at radius 3 is 2.44 bits per heavy atom. The van der Waals surface area contributed by atoms with Gasteiger partial charge in [-0.05, 0) is 61.1 Å². The highest BCUT2D eigenvalue weighted by Crippen LogP contribution is 2.28. The highest BCUT2D eigenvalue weighted by Gasteiger charge is 2.18. The Hall–Kier alpha value is -2.85. The molecule has 0 bridgehead atoms. The molecule has 0 heterocycles. The van der Waals surface area contributed by atoms with E-state index in [9.17, 15) is 9.59 Å². The lowest BCUT2D eigenvalue weighted by Crippen LogP contribution is -2.51. The number of hydrogen-bond donors (Lipinski definition) is 3. The zero-order valence-electron chi connectivity index (χ0n) is 19.0. The monoisotopic (exact) mass is 609 g/mol. The summed E-state index contributed by atoms with van der Waals surface area (Å²) >= 11 is 20.4. The summed E-state index contributed by atoms with van der Waals surface area (Å²) in [6.07, 6.45) is -0.227. The Morgan fingerprint density at radius 2 is 1.72 bits per heavy atom. The third kappa shape index (κ3) is 8.37. The molecule has 3 aromatic rings. The van der Waals surface area contributed by atoms with Gasteiger partial charge < -0.3 is 9.47 Å². The van der Waals surface area contributed by atoms with Crippen molar-refractivity contribution in [1.82, 2.24) is 16.2 Å². The highest BCUT2D eigenvalue weighted by molar-refractivity contribution is 9.10. The van der Waals surface area contributed by atoms with E-state index in [2.05, 4.69) is 32.1 Å². The van der Waals surface area contributed by atoms with Crippen LogP contribution in [-0.2, 0) is 11.2 Å². The molecule has 0 saturated heterocycles. The van der Waals surface area contributed by atoms with Crippen molar-refractivity contribution in [3.8, 4) is 11.5 Å². The summed E-state index contributed by atoms with van der Waals surface area (Å²) in [6, 6.07) is 19.6. The van der Waals surface area contributed by atoms with Crippen LogP contribution < -0.4 is 25.6 Å². The lowest BCUT2D eigenvalue weighted by Gasteiger charge is -2.17. The molecule has 0 aliphatic heterocycles. The molecule has 3 aromatic carbocycles. The lowest BCUT2D eigenvalue weighted by molar-refractivity contribution is -0.127. The summed E-state index contributed by atoms with van der Waals surface area (Å²) in [5.74, 6) is -0.339. The van der Waals surface area contributed by atoms with Gasteiger partial charge in [0.25, 0.3) is 11.8 Å². The maximum atomic E-state index is 12.8. The van der Waals surface area contributed by atoms with Crippen LogP contribution in [-0.4, -0.2) is 29.6 Å². The molecule has 0 spiro atoms. The van der Waals surface area contributed by atoms with E-state index in [-0.39, 0.29) is 15.7 Å². The molecular weight excluding hydrogens is 589 g/mol. The first-order valence-electron chi connectivity index (χ1n) is 10.7. The van der Waals surface area contributed by atoms with Gasteiger partial charge in [-0.15, -0.1) is 0 Å². The van der Waals surface area contributed by atoms with Crippen LogP contribution >= 0.6 is 51.3 Å². The number of halogens is 3. The molecule has 2 amide bonds. The summed E-state index contributed by atoms with van der Waals surface area (Å²) in [4.78, 5) is 25.2. The van der Waals surface area contributed by atoms with Gasteiger partial charge in [0.2, 0.25) is 0 Å². The second-order valence-electron chi connectivity index (χ2n) is 7.46. The van der Waals surface area contributed by atoms with E-state index in [1.54, 1.807) is 30.3 Å². The highest BCUT2D eigenvalue weighted by atomic mass is 79.9. The number of hydrazine groups is 1. The number of thiocarbonyl (C=S) groups is 1. The topological polar surface area (TPSA) is 88.7 Å². The molecule has 0 aromatic heterocycles. The van der Waals surface area contributed by atoms with Crippen LogP contribution in [0.15, 0.2) is 71.2 Å². The molecule has 36 heavy (non-hydrogen) atoms. The van der Waals surface area contributed by atoms with Crippen molar-refractivity contribution >= 4 is 68.3 Å². The van der Waals surface area contributed by atoms with Gasteiger partial charge in [0.05, 0.1) is 17.2 Å². The van der Waals surface area contributed by atoms with Crippen molar-refractivity contribution in [3.05, 3.63) is 92.4 Å². The van der Waals surface area contributed by atoms with Crippen LogP contribution in [0, 0.1) is 0 Å². The van der Waals surface area contributed by atoms with Crippen molar-refractivity contribution in [2.24, 2.45) is 0 Å². The van der Waals surface area contributed by atoms with Crippen LogP contribution in [0.3, 0.4) is 0 Å². The summed E-state index contributed by atoms with van der Waals surface area (Å²) in [6.45, 7) is 1.92. The summed E-state index contributed by atoms with van der Waals surface area (Å²) in [5, 5.41) is 3.13. The fraction of sp³-hybridized carbons (Fsp3) is 0.160. The maximum Gasteiger partial charge on any atom is 0.279 e. The zero-order valence-corrected chi connectivity index (χ0v) is 22.9. The molecule has 0 aliphatic carbocycles. The molecular formula is C25H22BrCl2N3O4S. The fourth-order valence-corrected chi connectivity index (χ4v) is 3.92. The van der Waals surface area contributed by atoms with Gasteiger partial charge in [0.15, 0.2) is 11.2 Å². The first-order valence-corrected chi connectivity index (χ1v) is 12.7. The molecule has 0 radical (unpaired) electrons.